The van der Waals surface area contributed by atoms with Gasteiger partial charge in [0, 0.05) is 35.4 Å². The van der Waals surface area contributed by atoms with Crippen molar-refractivity contribution in [2.45, 2.75) is 13.0 Å². The molecule has 0 saturated carbocycles. The molecule has 8 nitrogen and oxygen atoms in total. The predicted octanol–water partition coefficient (Wildman–Crippen LogP) is 4.57. The average Bonchev–Trinajstić information content (AvgIpc) is 3.10. The third-order valence-corrected chi connectivity index (χ3v) is 6.01. The quantitative estimate of drug-likeness (QED) is 0.451. The molecule has 0 spiro atoms. The molecule has 0 atom stereocenters. The van der Waals surface area contributed by atoms with Gasteiger partial charge in [-0.05, 0) is 60.5 Å². The van der Waals surface area contributed by atoms with Crippen molar-refractivity contribution in [1.29, 1.82) is 0 Å². The van der Waals surface area contributed by atoms with Crippen molar-refractivity contribution in [2.75, 3.05) is 18.6 Å². The number of benzene rings is 2. The van der Waals surface area contributed by atoms with Crippen LogP contribution in [0.2, 0.25) is 5.02 Å². The summed E-state index contributed by atoms with van der Waals surface area (Å²) >= 11 is 5.94. The van der Waals surface area contributed by atoms with Crippen LogP contribution in [0.3, 0.4) is 0 Å². The number of urea groups is 1. The fourth-order valence-electron chi connectivity index (χ4n) is 3.99. The molecular formula is C25H22ClN5O3. The number of nitrogens with one attached hydrogen (secondary N) is 1. The number of hydrogen-bond acceptors (Lipinski definition) is 5. The van der Waals surface area contributed by atoms with Crippen molar-refractivity contribution < 1.29 is 14.6 Å². The van der Waals surface area contributed by atoms with Gasteiger partial charge in [0.1, 0.15) is 17.3 Å². The molecule has 0 unspecified atom stereocenters. The van der Waals surface area contributed by atoms with Crippen molar-refractivity contribution in [3.05, 3.63) is 83.0 Å². The molecule has 2 amide bonds. The van der Waals surface area contributed by atoms with E-state index in [0.29, 0.717) is 58.6 Å². The van der Waals surface area contributed by atoms with E-state index in [0.717, 1.165) is 5.56 Å². The van der Waals surface area contributed by atoms with Gasteiger partial charge in [-0.25, -0.2) is 14.5 Å². The minimum atomic E-state index is -0.275. The third kappa shape index (κ3) is 4.04. The average molecular weight is 476 g/mol. The van der Waals surface area contributed by atoms with Gasteiger partial charge in [0.15, 0.2) is 0 Å². The maximum atomic E-state index is 13.1. The summed E-state index contributed by atoms with van der Waals surface area (Å²) in [6, 6.07) is 18.0. The van der Waals surface area contributed by atoms with E-state index in [9.17, 15) is 9.90 Å². The molecule has 0 bridgehead atoms. The zero-order valence-corrected chi connectivity index (χ0v) is 19.2. The predicted molar refractivity (Wildman–Crippen MR) is 130 cm³/mol. The Hall–Kier alpha value is -4.04. The van der Waals surface area contributed by atoms with Crippen LogP contribution in [-0.2, 0) is 13.0 Å². The van der Waals surface area contributed by atoms with Gasteiger partial charge >= 0.3 is 6.03 Å². The lowest BCUT2D eigenvalue weighted by Crippen LogP contribution is -2.41. The summed E-state index contributed by atoms with van der Waals surface area (Å²) in [5.74, 6) is 1.25. The van der Waals surface area contributed by atoms with Gasteiger partial charge in [-0.2, -0.15) is 5.10 Å². The molecule has 0 saturated heterocycles. The van der Waals surface area contributed by atoms with Gasteiger partial charge in [0.2, 0.25) is 5.88 Å². The number of nitrogens with zero attached hydrogens (tertiary/aromatic N) is 4. The van der Waals surface area contributed by atoms with Gasteiger partial charge in [-0.15, -0.1) is 0 Å². The number of aromatic nitrogens is 3. The van der Waals surface area contributed by atoms with E-state index in [4.69, 9.17) is 16.3 Å². The Morgan fingerprint density at radius 3 is 2.65 bits per heavy atom. The second-order valence-corrected chi connectivity index (χ2v) is 8.26. The van der Waals surface area contributed by atoms with Crippen LogP contribution in [0.5, 0.6) is 11.6 Å². The zero-order valence-electron chi connectivity index (χ0n) is 18.4. The molecule has 1 aliphatic rings. The first kappa shape index (κ1) is 21.8. The highest BCUT2D eigenvalue weighted by Gasteiger charge is 2.30. The third-order valence-electron chi connectivity index (χ3n) is 5.76. The lowest BCUT2D eigenvalue weighted by molar-refractivity contribution is 0.246. The van der Waals surface area contributed by atoms with Crippen LogP contribution in [0.1, 0.15) is 11.1 Å². The van der Waals surface area contributed by atoms with Crippen LogP contribution in [-0.4, -0.2) is 39.6 Å². The summed E-state index contributed by atoms with van der Waals surface area (Å²) in [5.41, 5.74) is 3.58. The first-order valence-electron chi connectivity index (χ1n) is 10.8. The van der Waals surface area contributed by atoms with E-state index in [1.54, 1.807) is 36.4 Å². The SMILES string of the molecule is COc1ccc(-n2nc3c(c2O)CCN(C(=O)NCc2ccc(Cl)cc2)c2ncccc2-3)cc1. The summed E-state index contributed by atoms with van der Waals surface area (Å²) in [6.07, 6.45) is 2.06. The van der Waals surface area contributed by atoms with E-state index in [1.807, 2.05) is 42.5 Å². The molecule has 2 N–H and O–H groups in total. The Balaban J connectivity index is 1.45. The van der Waals surface area contributed by atoms with Crippen molar-refractivity contribution in [1.82, 2.24) is 20.1 Å². The molecule has 9 heteroatoms. The lowest BCUT2D eigenvalue weighted by atomic mass is 10.1. The van der Waals surface area contributed by atoms with Crippen molar-refractivity contribution in [3.63, 3.8) is 0 Å². The molecule has 0 aliphatic carbocycles. The maximum Gasteiger partial charge on any atom is 0.323 e. The largest absolute Gasteiger partial charge is 0.497 e. The van der Waals surface area contributed by atoms with E-state index in [2.05, 4.69) is 15.4 Å². The molecule has 4 aromatic rings. The van der Waals surface area contributed by atoms with Crippen LogP contribution < -0.4 is 15.0 Å². The Kier molecular flexibility index (Phi) is 5.81. The summed E-state index contributed by atoms with van der Waals surface area (Å²) in [7, 11) is 1.60. The number of rotatable bonds is 4. The molecule has 2 aromatic heterocycles. The molecule has 5 rings (SSSR count). The van der Waals surface area contributed by atoms with Crippen LogP contribution in [0, 0.1) is 0 Å². The van der Waals surface area contributed by atoms with Gasteiger partial charge in [-0.3, -0.25) is 4.90 Å². The van der Waals surface area contributed by atoms with Crippen LogP contribution in [0.25, 0.3) is 16.9 Å². The topological polar surface area (TPSA) is 92.5 Å². The smallest absolute Gasteiger partial charge is 0.323 e. The van der Waals surface area contributed by atoms with Gasteiger partial charge in [-0.1, -0.05) is 23.7 Å². The minimum Gasteiger partial charge on any atom is -0.497 e. The fraction of sp³-hybridized carbons (Fsp3) is 0.160. The second kappa shape index (κ2) is 9.07. The molecule has 34 heavy (non-hydrogen) atoms. The number of carbonyl (C=O) groups excluding carboxylic acids is 1. The van der Waals surface area contributed by atoms with E-state index in [1.165, 1.54) is 4.68 Å². The molecular weight excluding hydrogens is 454 g/mol. The number of anilines is 1. The van der Waals surface area contributed by atoms with Gasteiger partial charge in [0.25, 0.3) is 0 Å². The highest BCUT2D eigenvalue weighted by Crippen LogP contribution is 2.39. The van der Waals surface area contributed by atoms with Crippen LogP contribution >= 0.6 is 11.6 Å². The lowest BCUT2D eigenvalue weighted by Gasteiger charge is -2.22. The van der Waals surface area contributed by atoms with Gasteiger partial charge in [0.05, 0.1) is 12.8 Å². The number of methoxy groups -OCH3 is 1. The highest BCUT2D eigenvalue weighted by atomic mass is 35.5. The van der Waals surface area contributed by atoms with Crippen molar-refractivity contribution in [2.24, 2.45) is 0 Å². The number of halogens is 1. The van der Waals surface area contributed by atoms with Crippen LogP contribution in [0.15, 0.2) is 66.9 Å². The number of carbonyl (C=O) groups is 1. The Morgan fingerprint density at radius 2 is 1.91 bits per heavy atom. The second-order valence-electron chi connectivity index (χ2n) is 7.82. The number of fused-ring (bicyclic) bond motifs is 3. The first-order chi connectivity index (χ1) is 16.5. The van der Waals surface area contributed by atoms with Crippen molar-refractivity contribution in [3.8, 4) is 28.6 Å². The number of hydrogen-bond donors (Lipinski definition) is 2. The Labute approximate surface area is 201 Å². The Bertz CT molecular complexity index is 1340. The van der Waals surface area contributed by atoms with E-state index in [-0.39, 0.29) is 11.9 Å². The van der Waals surface area contributed by atoms with E-state index < -0.39 is 0 Å². The fourth-order valence-corrected chi connectivity index (χ4v) is 4.12. The minimum absolute atomic E-state index is 0.0402. The first-order valence-corrected chi connectivity index (χ1v) is 11.1. The van der Waals surface area contributed by atoms with Crippen molar-refractivity contribution >= 4 is 23.4 Å². The number of ether oxygens (including phenoxy) is 1. The van der Waals surface area contributed by atoms with Gasteiger partial charge < -0.3 is 15.2 Å². The molecule has 1 aliphatic heterocycles. The zero-order chi connectivity index (χ0) is 23.7. The van der Waals surface area contributed by atoms with Crippen LogP contribution in [0.4, 0.5) is 10.6 Å². The summed E-state index contributed by atoms with van der Waals surface area (Å²) in [4.78, 5) is 19.2. The monoisotopic (exact) mass is 475 g/mol. The maximum absolute atomic E-state index is 13.1. The summed E-state index contributed by atoms with van der Waals surface area (Å²) in [5, 5.41) is 19.3. The number of aromatic hydroxyl groups is 1. The van der Waals surface area contributed by atoms with E-state index >= 15 is 0 Å². The number of amides is 2. The Morgan fingerprint density at radius 1 is 1.15 bits per heavy atom. The molecule has 3 heterocycles. The standard InChI is InChI=1S/C25H22ClN5O3/c1-34-19-10-8-18(9-11-19)31-24(32)21-12-14-30(23-20(22(21)29-31)3-2-13-27-23)25(33)28-15-16-4-6-17(26)7-5-16/h2-11,13,32H,12,14-15H2,1H3,(H,28,33). The molecule has 0 fully saturated rings. The molecule has 172 valence electrons. The molecule has 2 aromatic carbocycles. The highest BCUT2D eigenvalue weighted by molar-refractivity contribution is 6.30. The summed E-state index contributed by atoms with van der Waals surface area (Å²) < 4.78 is 6.71. The number of pyridine rings is 1. The normalized spacial score (nSPS) is 12.5. The summed E-state index contributed by atoms with van der Waals surface area (Å²) in [6.45, 7) is 0.695. The molecule has 0 radical (unpaired) electrons.